The average Bonchev–Trinajstić information content (AvgIpc) is 2.37. The van der Waals surface area contributed by atoms with Gasteiger partial charge < -0.3 is 0 Å². The first-order valence-corrected chi connectivity index (χ1v) is 6.84. The Morgan fingerprint density at radius 3 is 2.47 bits per heavy atom. The van der Waals surface area contributed by atoms with Gasteiger partial charge in [0.15, 0.2) is 0 Å². The molecule has 0 saturated carbocycles. The number of carbonyl (C=O) groups is 2. The molecule has 0 fully saturated rings. The molecule has 0 aliphatic heterocycles. The van der Waals surface area contributed by atoms with Crippen LogP contribution < -0.4 is 4.46 Å². The van der Waals surface area contributed by atoms with Crippen LogP contribution in [0.2, 0.25) is 0 Å². The predicted octanol–water partition coefficient (Wildman–Crippen LogP) is 0.392. The van der Waals surface area contributed by atoms with Gasteiger partial charge in [-0.15, -0.1) is 0 Å². The van der Waals surface area contributed by atoms with Crippen molar-refractivity contribution in [2.24, 2.45) is 0 Å². The van der Waals surface area contributed by atoms with Gasteiger partial charge in [-0.2, -0.15) is 0 Å². The second-order valence-electron chi connectivity index (χ2n) is 3.69. The molecule has 0 atom stereocenters. The molecule has 0 saturated heterocycles. The summed E-state index contributed by atoms with van der Waals surface area (Å²) in [5.41, 5.74) is -0.149. The van der Waals surface area contributed by atoms with E-state index in [1.54, 1.807) is 14.1 Å². The third-order valence-electron chi connectivity index (χ3n) is 2.14. The molecule has 0 bridgehead atoms. The van der Waals surface area contributed by atoms with Crippen LogP contribution in [0.5, 0.6) is 0 Å². The summed E-state index contributed by atoms with van der Waals surface area (Å²) in [4.78, 5) is 34.6. The van der Waals surface area contributed by atoms with Crippen molar-refractivity contribution in [3.63, 3.8) is 0 Å². The fourth-order valence-electron chi connectivity index (χ4n) is 1.18. The van der Waals surface area contributed by atoms with Crippen LogP contribution in [-0.4, -0.2) is 56.8 Å². The zero-order valence-corrected chi connectivity index (χ0v) is 12.3. The molecule has 0 aromatic heterocycles. The molecule has 0 radical (unpaired) electrons. The summed E-state index contributed by atoms with van der Waals surface area (Å²) in [6.07, 6.45) is 0. The van der Waals surface area contributed by atoms with Gasteiger partial charge in [-0.25, -0.2) is 0 Å². The molecule has 1 aromatic rings. The maximum absolute atomic E-state index is 11.7. The number of rotatable bonds is 4. The molecule has 0 aliphatic rings. The Morgan fingerprint density at radius 1 is 1.37 bits per heavy atom. The zero-order chi connectivity index (χ0) is 14.6. The van der Waals surface area contributed by atoms with Gasteiger partial charge in [-0.1, -0.05) is 0 Å². The fraction of sp³-hybridized carbons (Fsp3) is 0.273. The number of esters is 1. The van der Waals surface area contributed by atoms with E-state index in [9.17, 15) is 19.7 Å². The minimum atomic E-state index is -0.688. The second kappa shape index (κ2) is 6.31. The zero-order valence-electron chi connectivity index (χ0n) is 10.6. The van der Waals surface area contributed by atoms with Crippen molar-refractivity contribution < 1.29 is 19.2 Å². The van der Waals surface area contributed by atoms with Gasteiger partial charge >= 0.3 is 115 Å². The van der Waals surface area contributed by atoms with Crippen LogP contribution in [0.25, 0.3) is 0 Å². The van der Waals surface area contributed by atoms with Gasteiger partial charge in [0.1, 0.15) is 0 Å². The van der Waals surface area contributed by atoms with Crippen LogP contribution in [0.4, 0.5) is 10.5 Å². The average molecular weight is 331 g/mol. The molecule has 0 heterocycles. The van der Waals surface area contributed by atoms with E-state index in [4.69, 9.17) is 0 Å². The van der Waals surface area contributed by atoms with Crippen molar-refractivity contribution >= 4 is 35.9 Å². The van der Waals surface area contributed by atoms with Crippen LogP contribution in [0.3, 0.4) is 0 Å². The molecule has 1 aromatic carbocycles. The number of ether oxygens (including phenoxy) is 1. The number of benzene rings is 1. The van der Waals surface area contributed by atoms with Crippen LogP contribution in [-0.2, 0) is 4.74 Å². The molecule has 0 aliphatic carbocycles. The van der Waals surface area contributed by atoms with E-state index in [0.717, 1.165) is 6.07 Å². The number of amides is 1. The summed E-state index contributed by atoms with van der Waals surface area (Å²) in [6, 6.07) is 3.82. The summed E-state index contributed by atoms with van der Waals surface area (Å²) >= 11 is -0.637. The molecule has 0 unspecified atom stereocenters. The van der Waals surface area contributed by atoms with Crippen LogP contribution >= 0.6 is 0 Å². The van der Waals surface area contributed by atoms with Gasteiger partial charge in [-0.05, 0) is 0 Å². The fourth-order valence-corrected chi connectivity index (χ4v) is 2.77. The number of hydrogen-bond acceptors (Lipinski definition) is 5. The number of nitro benzene ring substituents is 1. The van der Waals surface area contributed by atoms with Crippen molar-refractivity contribution in [3.05, 3.63) is 33.9 Å². The Hall–Kier alpha value is -1.92. The van der Waals surface area contributed by atoms with Gasteiger partial charge in [-0.3, -0.25) is 0 Å². The Bertz CT molecular complexity index is 530. The van der Waals surface area contributed by atoms with E-state index in [1.165, 1.54) is 24.1 Å². The first-order valence-electron chi connectivity index (χ1n) is 5.12. The molecule has 0 spiro atoms. The molecule has 8 heteroatoms. The summed E-state index contributed by atoms with van der Waals surface area (Å²) in [7, 11) is 4.40. The molecule has 0 N–H and O–H groups in total. The Kier molecular flexibility index (Phi) is 5.02. The first-order chi connectivity index (χ1) is 8.86. The monoisotopic (exact) mass is 332 g/mol. The SMILES string of the molecule is COC(=O)c1cc([N+](=O)[O-])ccc1[Se]C(=O)N(C)C. The Morgan fingerprint density at radius 2 is 2.00 bits per heavy atom. The van der Waals surface area contributed by atoms with E-state index < -0.39 is 25.8 Å². The number of non-ortho nitro benzene ring substituents is 1. The second-order valence-corrected chi connectivity index (χ2v) is 5.78. The molecule has 102 valence electrons. The van der Waals surface area contributed by atoms with Crippen molar-refractivity contribution in [2.45, 2.75) is 0 Å². The maximum atomic E-state index is 11.7. The van der Waals surface area contributed by atoms with E-state index >= 15 is 0 Å². The van der Waals surface area contributed by atoms with Crippen LogP contribution in [0.15, 0.2) is 18.2 Å². The van der Waals surface area contributed by atoms with Crippen LogP contribution in [0, 0.1) is 10.1 Å². The predicted molar refractivity (Wildman–Crippen MR) is 68.9 cm³/mol. The molecular weight excluding hydrogens is 319 g/mol. The van der Waals surface area contributed by atoms with Crippen molar-refractivity contribution in [3.8, 4) is 0 Å². The van der Waals surface area contributed by atoms with E-state index in [0.29, 0.717) is 4.46 Å². The van der Waals surface area contributed by atoms with E-state index in [-0.39, 0.29) is 16.1 Å². The Labute approximate surface area is 115 Å². The summed E-state index contributed by atoms with van der Waals surface area (Å²) < 4.78 is 5.04. The van der Waals surface area contributed by atoms with Crippen LogP contribution in [0.1, 0.15) is 10.4 Å². The van der Waals surface area contributed by atoms with E-state index in [1.807, 2.05) is 0 Å². The first kappa shape index (κ1) is 15.1. The molecule has 7 nitrogen and oxygen atoms in total. The molecular formula is C11H12N2O5Se. The summed E-state index contributed by atoms with van der Waals surface area (Å²) in [5, 5.41) is 10.7. The number of carbonyl (C=O) groups excluding carboxylic acids is 2. The molecule has 1 amide bonds. The standard InChI is InChI=1S/C11H12N2O5Se/c1-12(2)11(15)19-9-5-4-7(13(16)17)6-8(9)10(14)18-3/h4-6H,1-3H3. The van der Waals surface area contributed by atoms with E-state index in [2.05, 4.69) is 4.74 Å². The number of nitrogens with zero attached hydrogens (tertiary/aromatic N) is 2. The van der Waals surface area contributed by atoms with Crippen molar-refractivity contribution in [1.82, 2.24) is 4.90 Å². The van der Waals surface area contributed by atoms with Crippen molar-refractivity contribution in [2.75, 3.05) is 21.2 Å². The third-order valence-corrected chi connectivity index (χ3v) is 4.48. The summed E-state index contributed by atoms with van der Waals surface area (Å²) in [5.74, 6) is -0.688. The van der Waals surface area contributed by atoms with Crippen molar-refractivity contribution in [1.29, 1.82) is 0 Å². The normalized spacial score (nSPS) is 9.84. The minimum absolute atomic E-state index is 0.0619. The third kappa shape index (κ3) is 3.77. The number of hydrogen-bond donors (Lipinski definition) is 0. The Balaban J connectivity index is 3.20. The topological polar surface area (TPSA) is 89.7 Å². The quantitative estimate of drug-likeness (QED) is 0.345. The number of methoxy groups -OCH3 is 1. The molecule has 19 heavy (non-hydrogen) atoms. The number of nitro groups is 1. The molecule has 1 rings (SSSR count). The van der Waals surface area contributed by atoms with Gasteiger partial charge in [0.05, 0.1) is 0 Å². The van der Waals surface area contributed by atoms with Gasteiger partial charge in [0.25, 0.3) is 0 Å². The summed E-state index contributed by atoms with van der Waals surface area (Å²) in [6.45, 7) is 0. The van der Waals surface area contributed by atoms with Gasteiger partial charge in [0, 0.05) is 0 Å². The van der Waals surface area contributed by atoms with Gasteiger partial charge in [0.2, 0.25) is 0 Å².